The molecule has 0 radical (unpaired) electrons. The summed E-state index contributed by atoms with van der Waals surface area (Å²) in [5.74, 6) is -0.981. The van der Waals surface area contributed by atoms with Crippen molar-refractivity contribution in [2.24, 2.45) is 0 Å². The summed E-state index contributed by atoms with van der Waals surface area (Å²) in [5, 5.41) is 10.6. The normalized spacial score (nSPS) is 10.7. The van der Waals surface area contributed by atoms with Gasteiger partial charge in [-0.1, -0.05) is 35.9 Å². The van der Waals surface area contributed by atoms with Crippen LogP contribution in [0.1, 0.15) is 21.6 Å². The standard InChI is InChI=1S/C17H12ClNO2/c18-14-8-11(7-13(10-14)17(20)21)9-15-6-5-12-3-1-2-4-16(12)19-15/h1-8,10H,9H2,(H,20,21). The predicted octanol–water partition coefficient (Wildman–Crippen LogP) is 4.18. The second-order valence-corrected chi connectivity index (χ2v) is 5.26. The third-order valence-electron chi connectivity index (χ3n) is 3.25. The lowest BCUT2D eigenvalue weighted by Crippen LogP contribution is -1.99. The van der Waals surface area contributed by atoms with Crippen LogP contribution >= 0.6 is 11.6 Å². The number of pyridine rings is 1. The van der Waals surface area contributed by atoms with Gasteiger partial charge in [-0.25, -0.2) is 4.79 Å². The summed E-state index contributed by atoms with van der Waals surface area (Å²) < 4.78 is 0. The maximum atomic E-state index is 11.1. The molecule has 0 aliphatic rings. The number of rotatable bonds is 3. The molecular formula is C17H12ClNO2. The van der Waals surface area contributed by atoms with E-state index in [0.29, 0.717) is 11.4 Å². The number of benzene rings is 2. The molecule has 0 atom stereocenters. The molecule has 0 saturated carbocycles. The first kappa shape index (κ1) is 13.6. The van der Waals surface area contributed by atoms with E-state index in [1.54, 1.807) is 12.1 Å². The van der Waals surface area contributed by atoms with Gasteiger partial charge in [0.1, 0.15) is 0 Å². The number of hydrogen-bond donors (Lipinski definition) is 1. The molecule has 3 nitrogen and oxygen atoms in total. The van der Waals surface area contributed by atoms with Crippen molar-refractivity contribution in [3.63, 3.8) is 0 Å². The van der Waals surface area contributed by atoms with E-state index < -0.39 is 5.97 Å². The molecule has 1 aromatic heterocycles. The van der Waals surface area contributed by atoms with E-state index in [2.05, 4.69) is 4.98 Å². The van der Waals surface area contributed by atoms with Crippen LogP contribution in [0.25, 0.3) is 10.9 Å². The Kier molecular flexibility index (Phi) is 3.59. The van der Waals surface area contributed by atoms with Crippen LogP contribution < -0.4 is 0 Å². The van der Waals surface area contributed by atoms with Crippen LogP contribution in [0.5, 0.6) is 0 Å². The molecule has 0 spiro atoms. The molecule has 21 heavy (non-hydrogen) atoms. The van der Waals surface area contributed by atoms with Gasteiger partial charge in [0.2, 0.25) is 0 Å². The number of para-hydroxylation sites is 1. The van der Waals surface area contributed by atoms with Crippen molar-refractivity contribution in [3.05, 3.63) is 76.4 Å². The fraction of sp³-hybridized carbons (Fsp3) is 0.0588. The predicted molar refractivity (Wildman–Crippen MR) is 83.0 cm³/mol. The lowest BCUT2D eigenvalue weighted by Gasteiger charge is -2.05. The van der Waals surface area contributed by atoms with Gasteiger partial charge in [0.25, 0.3) is 0 Å². The summed E-state index contributed by atoms with van der Waals surface area (Å²) in [5.41, 5.74) is 2.84. The van der Waals surface area contributed by atoms with Crippen LogP contribution in [0.4, 0.5) is 0 Å². The zero-order chi connectivity index (χ0) is 14.8. The molecule has 0 unspecified atom stereocenters. The molecule has 2 aromatic carbocycles. The van der Waals surface area contributed by atoms with Crippen molar-refractivity contribution < 1.29 is 9.90 Å². The highest BCUT2D eigenvalue weighted by molar-refractivity contribution is 6.31. The lowest BCUT2D eigenvalue weighted by molar-refractivity contribution is 0.0696. The van der Waals surface area contributed by atoms with Gasteiger partial charge in [0, 0.05) is 22.5 Å². The summed E-state index contributed by atoms with van der Waals surface area (Å²) in [6.07, 6.45) is 0.547. The molecule has 0 aliphatic carbocycles. The number of aromatic carboxylic acids is 1. The Labute approximate surface area is 126 Å². The highest BCUT2D eigenvalue weighted by Crippen LogP contribution is 2.19. The zero-order valence-corrected chi connectivity index (χ0v) is 11.8. The second-order valence-electron chi connectivity index (χ2n) is 4.83. The van der Waals surface area contributed by atoms with Crippen LogP contribution in [0.15, 0.2) is 54.6 Å². The maximum absolute atomic E-state index is 11.1. The monoisotopic (exact) mass is 297 g/mol. The largest absolute Gasteiger partial charge is 0.478 e. The number of halogens is 1. The van der Waals surface area contributed by atoms with Gasteiger partial charge in [-0.3, -0.25) is 4.98 Å². The van der Waals surface area contributed by atoms with Crippen molar-refractivity contribution in [1.82, 2.24) is 4.98 Å². The topological polar surface area (TPSA) is 50.2 Å². The van der Waals surface area contributed by atoms with Crippen LogP contribution in [0, 0.1) is 0 Å². The Bertz CT molecular complexity index is 830. The summed E-state index contributed by atoms with van der Waals surface area (Å²) >= 11 is 5.97. The number of fused-ring (bicyclic) bond motifs is 1. The molecule has 0 saturated heterocycles. The minimum absolute atomic E-state index is 0.193. The average Bonchev–Trinajstić information content (AvgIpc) is 2.46. The fourth-order valence-electron chi connectivity index (χ4n) is 2.29. The highest BCUT2D eigenvalue weighted by Gasteiger charge is 2.07. The van der Waals surface area contributed by atoms with Gasteiger partial charge in [0.05, 0.1) is 11.1 Å². The van der Waals surface area contributed by atoms with Gasteiger partial charge < -0.3 is 5.11 Å². The smallest absolute Gasteiger partial charge is 0.335 e. The number of aromatic nitrogens is 1. The minimum Gasteiger partial charge on any atom is -0.478 e. The molecule has 104 valence electrons. The van der Waals surface area contributed by atoms with Crippen LogP contribution in [0.2, 0.25) is 5.02 Å². The van der Waals surface area contributed by atoms with Crippen molar-refractivity contribution in [1.29, 1.82) is 0 Å². The summed E-state index contributed by atoms with van der Waals surface area (Å²) in [4.78, 5) is 15.6. The number of carbonyl (C=O) groups is 1. The minimum atomic E-state index is -0.981. The maximum Gasteiger partial charge on any atom is 0.335 e. The van der Waals surface area contributed by atoms with Crippen molar-refractivity contribution in [2.45, 2.75) is 6.42 Å². The molecular weight excluding hydrogens is 286 g/mol. The van der Waals surface area contributed by atoms with E-state index in [-0.39, 0.29) is 5.56 Å². The number of carboxylic acids is 1. The van der Waals surface area contributed by atoms with Crippen molar-refractivity contribution in [3.8, 4) is 0 Å². The number of nitrogens with zero attached hydrogens (tertiary/aromatic N) is 1. The SMILES string of the molecule is O=C(O)c1cc(Cl)cc(Cc2ccc3ccccc3n2)c1. The van der Waals surface area contributed by atoms with Gasteiger partial charge in [-0.15, -0.1) is 0 Å². The lowest BCUT2D eigenvalue weighted by atomic mass is 10.1. The van der Waals surface area contributed by atoms with Gasteiger partial charge >= 0.3 is 5.97 Å². The first-order valence-corrected chi connectivity index (χ1v) is 6.87. The first-order chi connectivity index (χ1) is 10.1. The Balaban J connectivity index is 1.96. The molecule has 0 amide bonds. The van der Waals surface area contributed by atoms with E-state index in [4.69, 9.17) is 16.7 Å². The molecule has 0 aliphatic heterocycles. The molecule has 1 N–H and O–H groups in total. The molecule has 4 heteroatoms. The van der Waals surface area contributed by atoms with Crippen molar-refractivity contribution in [2.75, 3.05) is 0 Å². The van der Waals surface area contributed by atoms with Crippen LogP contribution in [-0.2, 0) is 6.42 Å². The fourth-order valence-corrected chi connectivity index (χ4v) is 2.55. The second kappa shape index (κ2) is 5.54. The average molecular weight is 298 g/mol. The zero-order valence-electron chi connectivity index (χ0n) is 11.1. The molecule has 3 rings (SSSR count). The highest BCUT2D eigenvalue weighted by atomic mass is 35.5. The summed E-state index contributed by atoms with van der Waals surface area (Å²) in [6, 6.07) is 16.7. The molecule has 0 fully saturated rings. The first-order valence-electron chi connectivity index (χ1n) is 6.49. The summed E-state index contributed by atoms with van der Waals surface area (Å²) in [7, 11) is 0. The summed E-state index contributed by atoms with van der Waals surface area (Å²) in [6.45, 7) is 0. The molecule has 3 aromatic rings. The van der Waals surface area contributed by atoms with Gasteiger partial charge in [-0.2, -0.15) is 0 Å². The Hall–Kier alpha value is -2.39. The third kappa shape index (κ3) is 3.03. The van der Waals surface area contributed by atoms with Gasteiger partial charge in [0.15, 0.2) is 0 Å². The molecule has 1 heterocycles. The van der Waals surface area contributed by atoms with Crippen LogP contribution in [-0.4, -0.2) is 16.1 Å². The van der Waals surface area contributed by atoms with E-state index in [9.17, 15) is 4.79 Å². The Morgan fingerprint density at radius 1 is 1.10 bits per heavy atom. The Morgan fingerprint density at radius 3 is 2.71 bits per heavy atom. The van der Waals surface area contributed by atoms with Crippen LogP contribution in [0.3, 0.4) is 0 Å². The van der Waals surface area contributed by atoms with Gasteiger partial charge in [-0.05, 0) is 35.9 Å². The Morgan fingerprint density at radius 2 is 1.90 bits per heavy atom. The van der Waals surface area contributed by atoms with E-state index in [1.165, 1.54) is 6.07 Å². The van der Waals surface area contributed by atoms with E-state index in [0.717, 1.165) is 22.2 Å². The molecule has 0 bridgehead atoms. The quantitative estimate of drug-likeness (QED) is 0.789. The van der Waals surface area contributed by atoms with Crippen molar-refractivity contribution >= 4 is 28.5 Å². The number of carboxylic acid groups (broad SMARTS) is 1. The number of hydrogen-bond acceptors (Lipinski definition) is 2. The van der Waals surface area contributed by atoms with E-state index >= 15 is 0 Å². The van der Waals surface area contributed by atoms with E-state index in [1.807, 2.05) is 36.4 Å². The third-order valence-corrected chi connectivity index (χ3v) is 3.46.